The molecule has 0 aromatic heterocycles. The van der Waals surface area contributed by atoms with E-state index in [9.17, 15) is 0 Å². The van der Waals surface area contributed by atoms with Crippen molar-refractivity contribution < 1.29 is 4.74 Å². The van der Waals surface area contributed by atoms with Crippen molar-refractivity contribution in [2.45, 2.75) is 90.4 Å². The zero-order valence-electron chi connectivity index (χ0n) is 17.7. The molecule has 1 atom stereocenters. The molecule has 0 heterocycles. The van der Waals surface area contributed by atoms with Crippen LogP contribution in [-0.2, 0) is 6.42 Å². The minimum absolute atomic E-state index is 0.957. The van der Waals surface area contributed by atoms with Gasteiger partial charge in [0.15, 0.2) is 0 Å². The molecular formula is C26H40O. The summed E-state index contributed by atoms with van der Waals surface area (Å²) >= 11 is 0. The Labute approximate surface area is 167 Å². The number of rotatable bonds is 9. The van der Waals surface area contributed by atoms with Crippen molar-refractivity contribution in [3.05, 3.63) is 41.5 Å². The molecule has 1 unspecified atom stereocenters. The summed E-state index contributed by atoms with van der Waals surface area (Å²) < 4.78 is 5.25. The lowest BCUT2D eigenvalue weighted by Gasteiger charge is -2.35. The van der Waals surface area contributed by atoms with Gasteiger partial charge in [0.25, 0.3) is 0 Å². The fraction of sp³-hybridized carbons (Fsp3) is 0.692. The second kappa shape index (κ2) is 10.9. The third-order valence-corrected chi connectivity index (χ3v) is 7.21. The average Bonchev–Trinajstić information content (AvgIpc) is 2.74. The van der Waals surface area contributed by atoms with Crippen LogP contribution in [0.25, 0.3) is 0 Å². The van der Waals surface area contributed by atoms with E-state index < -0.39 is 0 Å². The van der Waals surface area contributed by atoms with E-state index in [1.54, 1.807) is 12.7 Å². The Morgan fingerprint density at radius 3 is 2.30 bits per heavy atom. The van der Waals surface area contributed by atoms with Crippen LogP contribution in [0, 0.1) is 17.8 Å². The first-order valence-electron chi connectivity index (χ1n) is 11.6. The Bertz CT molecular complexity index is 562. The second-order valence-corrected chi connectivity index (χ2v) is 9.02. The van der Waals surface area contributed by atoms with Crippen LogP contribution in [0.5, 0.6) is 5.75 Å². The molecule has 0 spiro atoms. The van der Waals surface area contributed by atoms with E-state index in [2.05, 4.69) is 37.3 Å². The highest BCUT2D eigenvalue weighted by atomic mass is 16.5. The van der Waals surface area contributed by atoms with Crippen LogP contribution in [0.1, 0.15) is 89.5 Å². The van der Waals surface area contributed by atoms with Gasteiger partial charge in [-0.3, -0.25) is 0 Å². The molecule has 1 nitrogen and oxygen atoms in total. The highest BCUT2D eigenvalue weighted by Gasteiger charge is 2.28. The van der Waals surface area contributed by atoms with E-state index in [4.69, 9.17) is 4.74 Å². The zero-order chi connectivity index (χ0) is 18.9. The number of hydrogen-bond donors (Lipinski definition) is 0. The molecule has 1 fully saturated rings. The summed E-state index contributed by atoms with van der Waals surface area (Å²) in [7, 11) is 1.73. The molecule has 27 heavy (non-hydrogen) atoms. The maximum Gasteiger partial charge on any atom is 0.118 e. The number of aryl methyl sites for hydroxylation is 1. The van der Waals surface area contributed by atoms with Crippen molar-refractivity contribution in [3.8, 4) is 5.75 Å². The molecule has 0 N–H and O–H groups in total. The Morgan fingerprint density at radius 2 is 1.67 bits per heavy atom. The summed E-state index contributed by atoms with van der Waals surface area (Å²) in [5, 5.41) is 0. The van der Waals surface area contributed by atoms with Gasteiger partial charge in [0.05, 0.1) is 7.11 Å². The molecular weight excluding hydrogens is 328 g/mol. The number of allylic oxidation sites excluding steroid dienone is 2. The number of unbranched alkanes of at least 4 members (excludes halogenated alkanes) is 2. The number of hydrogen-bond acceptors (Lipinski definition) is 1. The van der Waals surface area contributed by atoms with E-state index in [0.717, 1.165) is 23.5 Å². The molecule has 0 amide bonds. The third-order valence-electron chi connectivity index (χ3n) is 7.21. The van der Waals surface area contributed by atoms with E-state index >= 15 is 0 Å². The summed E-state index contributed by atoms with van der Waals surface area (Å²) in [5.74, 6) is 4.00. The molecule has 1 heteroatoms. The van der Waals surface area contributed by atoms with Crippen LogP contribution >= 0.6 is 0 Å². The van der Waals surface area contributed by atoms with Gasteiger partial charge < -0.3 is 4.74 Å². The van der Waals surface area contributed by atoms with Gasteiger partial charge in [-0.05, 0) is 80.4 Å². The van der Waals surface area contributed by atoms with Crippen LogP contribution in [0.2, 0.25) is 0 Å². The minimum Gasteiger partial charge on any atom is -0.497 e. The molecule has 2 aliphatic carbocycles. The predicted molar refractivity (Wildman–Crippen MR) is 116 cm³/mol. The summed E-state index contributed by atoms with van der Waals surface area (Å²) in [6, 6.07) is 8.59. The molecule has 3 rings (SSSR count). The topological polar surface area (TPSA) is 9.23 Å². The summed E-state index contributed by atoms with van der Waals surface area (Å²) in [6.45, 7) is 2.32. The predicted octanol–water partition coefficient (Wildman–Crippen LogP) is 7.74. The maximum atomic E-state index is 5.25. The number of benzene rings is 1. The molecule has 2 aliphatic rings. The van der Waals surface area contributed by atoms with E-state index in [-0.39, 0.29) is 0 Å². The monoisotopic (exact) mass is 368 g/mol. The van der Waals surface area contributed by atoms with E-state index in [1.807, 2.05) is 0 Å². The lowest BCUT2D eigenvalue weighted by atomic mass is 9.70. The molecule has 1 aromatic carbocycles. The van der Waals surface area contributed by atoms with E-state index in [1.165, 1.54) is 89.0 Å². The zero-order valence-corrected chi connectivity index (χ0v) is 17.7. The van der Waals surface area contributed by atoms with Crippen molar-refractivity contribution in [2.24, 2.45) is 17.8 Å². The average molecular weight is 369 g/mol. The van der Waals surface area contributed by atoms with Gasteiger partial charge in [-0.2, -0.15) is 0 Å². The van der Waals surface area contributed by atoms with Gasteiger partial charge in [0.2, 0.25) is 0 Å². The Kier molecular flexibility index (Phi) is 8.30. The molecule has 0 saturated heterocycles. The highest BCUT2D eigenvalue weighted by molar-refractivity contribution is 5.27. The first kappa shape index (κ1) is 20.5. The first-order valence-corrected chi connectivity index (χ1v) is 11.6. The van der Waals surface area contributed by atoms with Gasteiger partial charge in [-0.1, -0.05) is 69.2 Å². The third kappa shape index (κ3) is 6.40. The van der Waals surface area contributed by atoms with Crippen molar-refractivity contribution in [1.29, 1.82) is 0 Å². The second-order valence-electron chi connectivity index (χ2n) is 9.02. The van der Waals surface area contributed by atoms with Crippen molar-refractivity contribution >= 4 is 0 Å². The van der Waals surface area contributed by atoms with E-state index in [0.29, 0.717) is 0 Å². The maximum absolute atomic E-state index is 5.25. The Hall–Kier alpha value is -1.24. The smallest absolute Gasteiger partial charge is 0.118 e. The van der Waals surface area contributed by atoms with Crippen LogP contribution in [-0.4, -0.2) is 7.11 Å². The fourth-order valence-electron chi connectivity index (χ4n) is 5.29. The summed E-state index contributed by atoms with van der Waals surface area (Å²) in [4.78, 5) is 0. The summed E-state index contributed by atoms with van der Waals surface area (Å²) in [6.07, 6.45) is 21.0. The molecule has 150 valence electrons. The Balaban J connectivity index is 1.37. The van der Waals surface area contributed by atoms with Gasteiger partial charge in [0, 0.05) is 0 Å². The van der Waals surface area contributed by atoms with Gasteiger partial charge in [-0.15, -0.1) is 0 Å². The van der Waals surface area contributed by atoms with Crippen LogP contribution in [0.3, 0.4) is 0 Å². The highest BCUT2D eigenvalue weighted by Crippen LogP contribution is 2.41. The standard InChI is InChI=1S/C26H40O/c1-3-4-5-6-21-9-15-24(16-10-21)25-17-11-22(12-18-25)7-8-23-13-19-26(27-2)20-14-23/h11,13-14,19-21,24-25H,3-10,12,15-18H2,1-2H3. The van der Waals surface area contributed by atoms with Crippen LogP contribution in [0.4, 0.5) is 0 Å². The molecule has 1 aromatic rings. The fourth-order valence-corrected chi connectivity index (χ4v) is 5.29. The molecule has 0 radical (unpaired) electrons. The van der Waals surface area contributed by atoms with Crippen molar-refractivity contribution in [1.82, 2.24) is 0 Å². The SMILES string of the molecule is CCCCCC1CCC(C2CC=C(CCc3ccc(OC)cc3)CC2)CC1. The van der Waals surface area contributed by atoms with Gasteiger partial charge in [-0.25, -0.2) is 0 Å². The van der Waals surface area contributed by atoms with Crippen LogP contribution in [0.15, 0.2) is 35.9 Å². The molecule has 0 bridgehead atoms. The molecule has 1 saturated carbocycles. The minimum atomic E-state index is 0.957. The largest absolute Gasteiger partial charge is 0.497 e. The van der Waals surface area contributed by atoms with Crippen molar-refractivity contribution in [3.63, 3.8) is 0 Å². The van der Waals surface area contributed by atoms with Gasteiger partial charge in [0.1, 0.15) is 5.75 Å². The number of methoxy groups -OCH3 is 1. The first-order chi connectivity index (χ1) is 13.3. The quantitative estimate of drug-likeness (QED) is 0.320. The molecule has 0 aliphatic heterocycles. The normalized spacial score (nSPS) is 25.9. The lowest BCUT2D eigenvalue weighted by Crippen LogP contribution is -2.23. The van der Waals surface area contributed by atoms with Crippen LogP contribution < -0.4 is 4.74 Å². The lowest BCUT2D eigenvalue weighted by molar-refractivity contribution is 0.185. The Morgan fingerprint density at radius 1 is 0.889 bits per heavy atom. The van der Waals surface area contributed by atoms with Gasteiger partial charge >= 0.3 is 0 Å². The summed E-state index contributed by atoms with van der Waals surface area (Å²) in [5.41, 5.74) is 3.13. The number of ether oxygens (including phenoxy) is 1. The van der Waals surface area contributed by atoms with Crippen molar-refractivity contribution in [2.75, 3.05) is 7.11 Å².